The maximum absolute atomic E-state index is 11.9. The Kier molecular flexibility index (Phi) is 4.05. The molecule has 2 fully saturated rings. The first-order valence-corrected chi connectivity index (χ1v) is 6.82. The summed E-state index contributed by atoms with van der Waals surface area (Å²) >= 11 is 0. The third-order valence-electron chi connectivity index (χ3n) is 3.88. The third-order valence-corrected chi connectivity index (χ3v) is 3.88. The fourth-order valence-electron chi connectivity index (χ4n) is 3.07. The standard InChI is InChI=1S/C13H25N3O/c1-10(2)7-15-4-3-12(9-15)16-8-11(6-14)5-13(16)17/h10-12H,3-9,14H2,1-2H3. The summed E-state index contributed by atoms with van der Waals surface area (Å²) in [5.41, 5.74) is 5.66. The summed E-state index contributed by atoms with van der Waals surface area (Å²) in [5, 5.41) is 0. The van der Waals surface area contributed by atoms with Crippen molar-refractivity contribution < 1.29 is 4.79 Å². The van der Waals surface area contributed by atoms with E-state index in [9.17, 15) is 4.79 Å². The zero-order valence-corrected chi connectivity index (χ0v) is 11.1. The van der Waals surface area contributed by atoms with E-state index in [0.717, 1.165) is 32.6 Å². The molecule has 0 spiro atoms. The SMILES string of the molecule is CC(C)CN1CCC(N2CC(CN)CC2=O)C1. The van der Waals surface area contributed by atoms with Crippen LogP contribution < -0.4 is 5.73 Å². The van der Waals surface area contributed by atoms with E-state index in [1.807, 2.05) is 0 Å². The third kappa shape index (κ3) is 2.99. The lowest BCUT2D eigenvalue weighted by atomic mass is 10.1. The number of hydrogen-bond donors (Lipinski definition) is 1. The lowest BCUT2D eigenvalue weighted by Gasteiger charge is -2.25. The van der Waals surface area contributed by atoms with Crippen LogP contribution in [0.3, 0.4) is 0 Å². The smallest absolute Gasteiger partial charge is 0.223 e. The molecule has 98 valence electrons. The number of hydrogen-bond acceptors (Lipinski definition) is 3. The van der Waals surface area contributed by atoms with Gasteiger partial charge in [0.1, 0.15) is 0 Å². The maximum Gasteiger partial charge on any atom is 0.223 e. The molecule has 0 radical (unpaired) electrons. The van der Waals surface area contributed by atoms with E-state index in [0.29, 0.717) is 36.8 Å². The highest BCUT2D eigenvalue weighted by atomic mass is 16.2. The highest BCUT2D eigenvalue weighted by Gasteiger charge is 2.36. The van der Waals surface area contributed by atoms with Crippen LogP contribution in [0.5, 0.6) is 0 Å². The van der Waals surface area contributed by atoms with Crippen LogP contribution >= 0.6 is 0 Å². The van der Waals surface area contributed by atoms with Gasteiger partial charge in [-0.1, -0.05) is 13.8 Å². The summed E-state index contributed by atoms with van der Waals surface area (Å²) in [5.74, 6) is 1.42. The van der Waals surface area contributed by atoms with Gasteiger partial charge in [0.15, 0.2) is 0 Å². The normalized spacial score (nSPS) is 30.8. The second kappa shape index (κ2) is 5.36. The Hall–Kier alpha value is -0.610. The van der Waals surface area contributed by atoms with Gasteiger partial charge in [-0.15, -0.1) is 0 Å². The number of rotatable bonds is 4. The quantitative estimate of drug-likeness (QED) is 0.778. The molecule has 2 aliphatic heterocycles. The molecule has 2 unspecified atom stereocenters. The minimum absolute atomic E-state index is 0.317. The molecule has 2 atom stereocenters. The Balaban J connectivity index is 1.86. The summed E-state index contributed by atoms with van der Waals surface area (Å²) in [7, 11) is 0. The first-order valence-electron chi connectivity index (χ1n) is 6.82. The van der Waals surface area contributed by atoms with Crippen molar-refractivity contribution in [2.45, 2.75) is 32.7 Å². The second-order valence-corrected chi connectivity index (χ2v) is 5.95. The Morgan fingerprint density at radius 3 is 2.76 bits per heavy atom. The lowest BCUT2D eigenvalue weighted by molar-refractivity contribution is -0.129. The van der Waals surface area contributed by atoms with Gasteiger partial charge in [0.05, 0.1) is 0 Å². The van der Waals surface area contributed by atoms with Gasteiger partial charge in [0.2, 0.25) is 5.91 Å². The Labute approximate surface area is 104 Å². The molecule has 17 heavy (non-hydrogen) atoms. The molecule has 2 aliphatic rings. The molecule has 0 aliphatic carbocycles. The van der Waals surface area contributed by atoms with Crippen LogP contribution in [0.15, 0.2) is 0 Å². The van der Waals surface area contributed by atoms with Crippen LogP contribution in [0.4, 0.5) is 0 Å². The predicted molar refractivity (Wildman–Crippen MR) is 68.6 cm³/mol. The molecule has 2 N–H and O–H groups in total. The molecule has 1 amide bonds. The van der Waals surface area contributed by atoms with E-state index >= 15 is 0 Å². The number of amides is 1. The summed E-state index contributed by atoms with van der Waals surface area (Å²) < 4.78 is 0. The highest BCUT2D eigenvalue weighted by Crippen LogP contribution is 2.24. The van der Waals surface area contributed by atoms with Gasteiger partial charge in [-0.25, -0.2) is 0 Å². The maximum atomic E-state index is 11.9. The molecule has 4 nitrogen and oxygen atoms in total. The van der Waals surface area contributed by atoms with Crippen molar-refractivity contribution in [3.63, 3.8) is 0 Å². The van der Waals surface area contributed by atoms with E-state index < -0.39 is 0 Å². The van der Waals surface area contributed by atoms with E-state index in [1.54, 1.807) is 0 Å². The van der Waals surface area contributed by atoms with Crippen molar-refractivity contribution in [3.05, 3.63) is 0 Å². The van der Waals surface area contributed by atoms with E-state index in [4.69, 9.17) is 5.73 Å². The molecule has 2 heterocycles. The molecule has 0 aromatic heterocycles. The van der Waals surface area contributed by atoms with Crippen molar-refractivity contribution in [3.8, 4) is 0 Å². The molecule has 2 saturated heterocycles. The molecule has 0 aromatic carbocycles. The Morgan fingerprint density at radius 2 is 2.18 bits per heavy atom. The first kappa shape index (κ1) is 12.8. The second-order valence-electron chi connectivity index (χ2n) is 5.95. The number of carbonyl (C=O) groups is 1. The van der Waals surface area contributed by atoms with Crippen LogP contribution in [0, 0.1) is 11.8 Å². The van der Waals surface area contributed by atoms with E-state index in [1.165, 1.54) is 0 Å². The summed E-state index contributed by atoms with van der Waals surface area (Å²) in [6.07, 6.45) is 1.80. The van der Waals surface area contributed by atoms with E-state index in [2.05, 4.69) is 23.6 Å². The average Bonchev–Trinajstić information content (AvgIpc) is 2.83. The molecule has 2 rings (SSSR count). The molecule has 0 bridgehead atoms. The summed E-state index contributed by atoms with van der Waals surface area (Å²) in [6, 6.07) is 0.442. The topological polar surface area (TPSA) is 49.6 Å². The highest BCUT2D eigenvalue weighted by molar-refractivity contribution is 5.79. The van der Waals surface area contributed by atoms with Gasteiger partial charge < -0.3 is 15.5 Å². The Bertz CT molecular complexity index is 280. The zero-order chi connectivity index (χ0) is 12.4. The summed E-state index contributed by atoms with van der Waals surface area (Å²) in [4.78, 5) is 16.5. The monoisotopic (exact) mass is 239 g/mol. The van der Waals surface area contributed by atoms with Crippen LogP contribution in [0.2, 0.25) is 0 Å². The van der Waals surface area contributed by atoms with Crippen molar-refractivity contribution in [2.24, 2.45) is 17.6 Å². The molecule has 0 aromatic rings. The van der Waals surface area contributed by atoms with Crippen molar-refractivity contribution in [1.82, 2.24) is 9.80 Å². The van der Waals surface area contributed by atoms with Crippen molar-refractivity contribution in [1.29, 1.82) is 0 Å². The minimum atomic E-state index is 0.317. The Morgan fingerprint density at radius 1 is 1.41 bits per heavy atom. The van der Waals surface area contributed by atoms with Gasteiger partial charge in [0, 0.05) is 38.6 Å². The number of nitrogens with zero attached hydrogens (tertiary/aromatic N) is 2. The van der Waals surface area contributed by atoms with E-state index in [-0.39, 0.29) is 0 Å². The zero-order valence-electron chi connectivity index (χ0n) is 11.1. The van der Waals surface area contributed by atoms with Crippen LogP contribution in [0.1, 0.15) is 26.7 Å². The van der Waals surface area contributed by atoms with Crippen LogP contribution in [-0.4, -0.2) is 54.5 Å². The number of likely N-dealkylation sites (tertiary alicyclic amines) is 2. The number of carbonyl (C=O) groups excluding carboxylic acids is 1. The first-order chi connectivity index (χ1) is 8.10. The molecule has 0 saturated carbocycles. The number of nitrogens with two attached hydrogens (primary N) is 1. The van der Waals surface area contributed by atoms with Gasteiger partial charge in [-0.3, -0.25) is 4.79 Å². The minimum Gasteiger partial charge on any atom is -0.338 e. The average molecular weight is 239 g/mol. The van der Waals surface area contributed by atoms with Gasteiger partial charge in [-0.05, 0) is 24.8 Å². The molecular weight excluding hydrogens is 214 g/mol. The molecule has 4 heteroatoms. The van der Waals surface area contributed by atoms with Crippen LogP contribution in [-0.2, 0) is 4.79 Å². The molecular formula is C13H25N3O. The fourth-order valence-corrected chi connectivity index (χ4v) is 3.07. The van der Waals surface area contributed by atoms with Gasteiger partial charge in [-0.2, -0.15) is 0 Å². The largest absolute Gasteiger partial charge is 0.338 e. The van der Waals surface area contributed by atoms with Crippen molar-refractivity contribution >= 4 is 5.91 Å². The van der Waals surface area contributed by atoms with Gasteiger partial charge >= 0.3 is 0 Å². The van der Waals surface area contributed by atoms with Gasteiger partial charge in [0.25, 0.3) is 0 Å². The predicted octanol–water partition coefficient (Wildman–Crippen LogP) is 0.524. The van der Waals surface area contributed by atoms with Crippen molar-refractivity contribution in [2.75, 3.05) is 32.7 Å². The summed E-state index contributed by atoms with van der Waals surface area (Å²) in [6.45, 7) is 9.37. The van der Waals surface area contributed by atoms with Crippen LogP contribution in [0.25, 0.3) is 0 Å². The fraction of sp³-hybridized carbons (Fsp3) is 0.923. The lowest BCUT2D eigenvalue weighted by Crippen LogP contribution is -2.39.